The lowest BCUT2D eigenvalue weighted by molar-refractivity contribution is -0.137. The number of halogens is 4. The van der Waals surface area contributed by atoms with Crippen molar-refractivity contribution in [3.63, 3.8) is 0 Å². The highest BCUT2D eigenvalue weighted by atomic mass is 35.5. The predicted octanol–water partition coefficient (Wildman–Crippen LogP) is 4.70. The fraction of sp³-hybridized carbons (Fsp3) is 0.118. The highest BCUT2D eigenvalue weighted by Crippen LogP contribution is 2.40. The van der Waals surface area contributed by atoms with Gasteiger partial charge < -0.3 is 9.84 Å². The van der Waals surface area contributed by atoms with E-state index in [0.717, 1.165) is 18.2 Å². The maximum atomic E-state index is 12.8. The van der Waals surface area contributed by atoms with Gasteiger partial charge in [0, 0.05) is 11.1 Å². The molecule has 0 bridgehead atoms. The number of ether oxygens (including phenoxy) is 1. The minimum absolute atomic E-state index is 0.0511. The van der Waals surface area contributed by atoms with Crippen molar-refractivity contribution in [1.82, 2.24) is 0 Å². The number of rotatable bonds is 4. The molecule has 0 radical (unpaired) electrons. The van der Waals surface area contributed by atoms with Crippen LogP contribution in [0.1, 0.15) is 16.7 Å². The Morgan fingerprint density at radius 1 is 1.21 bits per heavy atom. The molecule has 0 saturated heterocycles. The SMILES string of the molecule is COc1cc(C(F)(F)F)ccc1C(=CC=O)c1cccc(Cl)c1O. The standard InChI is InChI=1S/C17H12ClF3O3/c1-24-15-9-10(17(19,20)21)5-6-12(15)11(7-8-22)13-3-2-4-14(18)16(13)23/h2-9,23H,1H3. The number of alkyl halides is 3. The maximum absolute atomic E-state index is 12.8. The quantitative estimate of drug-likeness (QED) is 0.638. The number of benzene rings is 2. The van der Waals surface area contributed by atoms with Gasteiger partial charge in [-0.2, -0.15) is 13.2 Å². The molecule has 7 heteroatoms. The molecule has 0 aromatic heterocycles. The van der Waals surface area contributed by atoms with E-state index < -0.39 is 11.7 Å². The number of allylic oxidation sites excluding steroid dienone is 1. The highest BCUT2D eigenvalue weighted by Gasteiger charge is 2.31. The summed E-state index contributed by atoms with van der Waals surface area (Å²) in [6.07, 6.45) is -2.94. The van der Waals surface area contributed by atoms with Crippen LogP contribution in [-0.2, 0) is 11.0 Å². The summed E-state index contributed by atoms with van der Waals surface area (Å²) >= 11 is 5.86. The van der Waals surface area contributed by atoms with Crippen molar-refractivity contribution in [3.8, 4) is 11.5 Å². The minimum atomic E-state index is -4.53. The number of carbonyl (C=O) groups excluding carboxylic acids is 1. The summed E-state index contributed by atoms with van der Waals surface area (Å²) in [7, 11) is 1.22. The van der Waals surface area contributed by atoms with Gasteiger partial charge in [-0.3, -0.25) is 4.79 Å². The third-order valence-corrected chi connectivity index (χ3v) is 3.64. The summed E-state index contributed by atoms with van der Waals surface area (Å²) in [5.74, 6) is -0.369. The molecule has 0 unspecified atom stereocenters. The van der Waals surface area contributed by atoms with Crippen molar-refractivity contribution in [1.29, 1.82) is 0 Å². The average Bonchev–Trinajstić information content (AvgIpc) is 2.54. The van der Waals surface area contributed by atoms with Gasteiger partial charge in [-0.05, 0) is 29.8 Å². The summed E-state index contributed by atoms with van der Waals surface area (Å²) < 4.78 is 43.6. The smallest absolute Gasteiger partial charge is 0.416 e. The summed E-state index contributed by atoms with van der Waals surface area (Å²) in [4.78, 5) is 11.0. The van der Waals surface area contributed by atoms with Gasteiger partial charge in [0.25, 0.3) is 0 Å². The zero-order valence-electron chi connectivity index (χ0n) is 12.4. The van der Waals surface area contributed by atoms with E-state index in [1.165, 1.54) is 25.3 Å². The van der Waals surface area contributed by atoms with Crippen LogP contribution in [0.25, 0.3) is 5.57 Å². The molecule has 0 aliphatic heterocycles. The zero-order chi connectivity index (χ0) is 17.9. The number of aldehydes is 1. The van der Waals surface area contributed by atoms with Crippen molar-refractivity contribution in [2.45, 2.75) is 6.18 Å². The Labute approximate surface area is 140 Å². The molecule has 0 amide bonds. The number of para-hydroxylation sites is 1. The van der Waals surface area contributed by atoms with Crippen molar-refractivity contribution in [2.75, 3.05) is 7.11 Å². The molecule has 0 aliphatic rings. The van der Waals surface area contributed by atoms with Gasteiger partial charge in [0.15, 0.2) is 0 Å². The molecule has 2 aromatic rings. The molecular weight excluding hydrogens is 345 g/mol. The summed E-state index contributed by atoms with van der Waals surface area (Å²) in [6.45, 7) is 0. The topological polar surface area (TPSA) is 46.5 Å². The number of phenols is 1. The summed E-state index contributed by atoms with van der Waals surface area (Å²) in [6, 6.07) is 7.37. The van der Waals surface area contributed by atoms with Crippen LogP contribution in [-0.4, -0.2) is 18.5 Å². The molecule has 0 atom stereocenters. The molecule has 126 valence electrons. The monoisotopic (exact) mass is 356 g/mol. The Morgan fingerprint density at radius 2 is 1.92 bits per heavy atom. The molecule has 0 saturated carbocycles. The van der Waals surface area contributed by atoms with Gasteiger partial charge in [0.2, 0.25) is 0 Å². The van der Waals surface area contributed by atoms with Crippen molar-refractivity contribution >= 4 is 23.5 Å². The van der Waals surface area contributed by atoms with Gasteiger partial charge in [-0.15, -0.1) is 0 Å². The Kier molecular flexibility index (Phi) is 5.19. The Bertz CT molecular complexity index is 798. The van der Waals surface area contributed by atoms with Crippen LogP contribution in [0.5, 0.6) is 11.5 Å². The molecule has 0 heterocycles. The Morgan fingerprint density at radius 3 is 2.50 bits per heavy atom. The van der Waals surface area contributed by atoms with Crippen LogP contribution in [0, 0.1) is 0 Å². The van der Waals surface area contributed by atoms with Crippen LogP contribution >= 0.6 is 11.6 Å². The lowest BCUT2D eigenvalue weighted by atomic mass is 9.95. The number of methoxy groups -OCH3 is 1. The van der Waals surface area contributed by atoms with Gasteiger partial charge in [-0.25, -0.2) is 0 Å². The Hall–Kier alpha value is -2.47. The largest absolute Gasteiger partial charge is 0.506 e. The molecule has 0 spiro atoms. The third-order valence-electron chi connectivity index (χ3n) is 3.33. The molecule has 2 aromatic carbocycles. The molecule has 3 nitrogen and oxygen atoms in total. The number of hydrogen-bond donors (Lipinski definition) is 1. The van der Waals surface area contributed by atoms with Crippen LogP contribution in [0.2, 0.25) is 5.02 Å². The zero-order valence-corrected chi connectivity index (χ0v) is 13.2. The number of carbonyl (C=O) groups is 1. The molecule has 1 N–H and O–H groups in total. The summed E-state index contributed by atoms with van der Waals surface area (Å²) in [5.41, 5.74) is -0.276. The second-order valence-corrected chi connectivity index (χ2v) is 5.17. The first-order valence-electron chi connectivity index (χ1n) is 6.68. The van der Waals surface area contributed by atoms with Crippen LogP contribution in [0.3, 0.4) is 0 Å². The predicted molar refractivity (Wildman–Crippen MR) is 84.3 cm³/mol. The second kappa shape index (κ2) is 6.97. The minimum Gasteiger partial charge on any atom is -0.506 e. The van der Waals surface area contributed by atoms with Crippen LogP contribution in [0.15, 0.2) is 42.5 Å². The lowest BCUT2D eigenvalue weighted by Gasteiger charge is -2.16. The molecule has 0 fully saturated rings. The van der Waals surface area contributed by atoms with Crippen molar-refractivity contribution in [3.05, 3.63) is 64.2 Å². The first kappa shape index (κ1) is 17.9. The molecular formula is C17H12ClF3O3. The third kappa shape index (κ3) is 3.54. The van der Waals surface area contributed by atoms with E-state index >= 15 is 0 Å². The maximum Gasteiger partial charge on any atom is 0.416 e. The molecule has 2 rings (SSSR count). The second-order valence-electron chi connectivity index (χ2n) is 4.77. The van der Waals surface area contributed by atoms with E-state index in [4.69, 9.17) is 16.3 Å². The van der Waals surface area contributed by atoms with Crippen molar-refractivity contribution < 1.29 is 27.8 Å². The van der Waals surface area contributed by atoms with Gasteiger partial charge >= 0.3 is 6.18 Å². The average molecular weight is 357 g/mol. The van der Waals surface area contributed by atoms with Crippen LogP contribution < -0.4 is 4.74 Å². The van der Waals surface area contributed by atoms with E-state index in [0.29, 0.717) is 6.29 Å². The summed E-state index contributed by atoms with van der Waals surface area (Å²) in [5, 5.41) is 10.1. The van der Waals surface area contributed by atoms with E-state index in [1.807, 2.05) is 0 Å². The number of phenolic OH excluding ortho intramolecular Hbond substituents is 1. The van der Waals surface area contributed by atoms with Gasteiger partial charge in [0.1, 0.15) is 17.8 Å². The normalized spacial score (nSPS) is 12.1. The van der Waals surface area contributed by atoms with Gasteiger partial charge in [-0.1, -0.05) is 29.8 Å². The lowest BCUT2D eigenvalue weighted by Crippen LogP contribution is -2.06. The molecule has 0 aliphatic carbocycles. The highest BCUT2D eigenvalue weighted by molar-refractivity contribution is 6.32. The van der Waals surface area contributed by atoms with E-state index in [2.05, 4.69) is 0 Å². The van der Waals surface area contributed by atoms with Crippen LogP contribution in [0.4, 0.5) is 13.2 Å². The molecule has 24 heavy (non-hydrogen) atoms. The first-order chi connectivity index (χ1) is 11.3. The number of aromatic hydroxyl groups is 1. The Balaban J connectivity index is 2.67. The van der Waals surface area contributed by atoms with E-state index in [1.54, 1.807) is 6.07 Å². The van der Waals surface area contributed by atoms with E-state index in [-0.39, 0.29) is 33.2 Å². The number of hydrogen-bond acceptors (Lipinski definition) is 3. The first-order valence-corrected chi connectivity index (χ1v) is 7.06. The van der Waals surface area contributed by atoms with E-state index in [9.17, 15) is 23.1 Å². The van der Waals surface area contributed by atoms with Gasteiger partial charge in [0.05, 0.1) is 17.7 Å². The fourth-order valence-corrected chi connectivity index (χ4v) is 2.39. The van der Waals surface area contributed by atoms with Crippen molar-refractivity contribution in [2.24, 2.45) is 0 Å². The fourth-order valence-electron chi connectivity index (χ4n) is 2.22.